The Hall–Kier alpha value is -2.74. The van der Waals surface area contributed by atoms with Crippen LogP contribution in [0.15, 0.2) is 48.5 Å². The zero-order chi connectivity index (χ0) is 22.1. The van der Waals surface area contributed by atoms with Crippen LogP contribution in [0.1, 0.15) is 36.8 Å². The summed E-state index contributed by atoms with van der Waals surface area (Å²) in [4.78, 5) is 14.3. The lowest BCUT2D eigenvalue weighted by molar-refractivity contribution is -0.137. The van der Waals surface area contributed by atoms with Crippen molar-refractivity contribution in [1.82, 2.24) is 10.2 Å². The van der Waals surface area contributed by atoms with Gasteiger partial charge in [0.15, 0.2) is 0 Å². The fourth-order valence-corrected chi connectivity index (χ4v) is 3.49. The van der Waals surface area contributed by atoms with Crippen LogP contribution >= 0.6 is 0 Å². The molecule has 2 aromatic rings. The summed E-state index contributed by atoms with van der Waals surface area (Å²) in [7, 11) is 0. The minimum Gasteiger partial charge on any atom is -0.494 e. The number of anilines is 1. The Morgan fingerprint density at radius 1 is 1.03 bits per heavy atom. The van der Waals surface area contributed by atoms with E-state index in [1.54, 1.807) is 0 Å². The molecule has 0 aliphatic carbocycles. The van der Waals surface area contributed by atoms with Crippen LogP contribution in [-0.2, 0) is 12.7 Å². The highest BCUT2D eigenvalue weighted by molar-refractivity contribution is 5.89. The number of rotatable bonds is 8. The second-order valence-electron chi connectivity index (χ2n) is 7.64. The Bertz CT molecular complexity index is 835. The molecule has 0 saturated carbocycles. The number of nitrogens with one attached hydrogen (secondary N) is 2. The lowest BCUT2D eigenvalue weighted by Gasteiger charge is -2.26. The van der Waals surface area contributed by atoms with Crippen molar-refractivity contribution < 1.29 is 22.7 Å². The van der Waals surface area contributed by atoms with Gasteiger partial charge in [-0.15, -0.1) is 0 Å². The lowest BCUT2D eigenvalue weighted by Crippen LogP contribution is -2.30. The van der Waals surface area contributed by atoms with Gasteiger partial charge in [0.2, 0.25) is 0 Å². The third kappa shape index (κ3) is 7.79. The van der Waals surface area contributed by atoms with Crippen LogP contribution in [-0.4, -0.2) is 37.2 Å². The molecule has 1 aliphatic rings. The van der Waals surface area contributed by atoms with Crippen LogP contribution in [0.4, 0.5) is 23.7 Å². The summed E-state index contributed by atoms with van der Waals surface area (Å²) >= 11 is 0. The van der Waals surface area contributed by atoms with Crippen molar-refractivity contribution in [2.75, 3.05) is 31.6 Å². The summed E-state index contributed by atoms with van der Waals surface area (Å²) in [6, 6.07) is 11.9. The van der Waals surface area contributed by atoms with Crippen LogP contribution in [0.25, 0.3) is 0 Å². The highest BCUT2D eigenvalue weighted by atomic mass is 19.4. The van der Waals surface area contributed by atoms with Gasteiger partial charge in [-0.25, -0.2) is 4.79 Å². The molecule has 0 bridgehead atoms. The number of alkyl halides is 3. The SMILES string of the molecule is O=C(NCCCOc1cccc(CN2CCCCC2)c1)Nc1ccc(C(F)(F)F)cc1. The highest BCUT2D eigenvalue weighted by Crippen LogP contribution is 2.29. The van der Waals surface area contributed by atoms with E-state index in [1.807, 2.05) is 12.1 Å². The summed E-state index contributed by atoms with van der Waals surface area (Å²) < 4.78 is 43.5. The summed E-state index contributed by atoms with van der Waals surface area (Å²) in [5.41, 5.74) is 0.774. The van der Waals surface area contributed by atoms with Crippen molar-refractivity contribution in [2.24, 2.45) is 0 Å². The molecule has 0 atom stereocenters. The van der Waals surface area contributed by atoms with Crippen molar-refractivity contribution in [3.63, 3.8) is 0 Å². The maximum absolute atomic E-state index is 12.6. The Balaban J connectivity index is 1.33. The van der Waals surface area contributed by atoms with Crippen LogP contribution in [0, 0.1) is 0 Å². The third-order valence-corrected chi connectivity index (χ3v) is 5.10. The van der Waals surface area contributed by atoms with Crippen molar-refractivity contribution >= 4 is 11.7 Å². The van der Waals surface area contributed by atoms with Gasteiger partial charge in [-0.2, -0.15) is 13.2 Å². The number of halogens is 3. The first-order chi connectivity index (χ1) is 14.9. The van der Waals surface area contributed by atoms with Gasteiger partial charge < -0.3 is 15.4 Å². The summed E-state index contributed by atoms with van der Waals surface area (Å²) in [5, 5.41) is 5.18. The fraction of sp³-hybridized carbons (Fsp3) is 0.435. The normalized spacial score (nSPS) is 14.8. The van der Waals surface area contributed by atoms with Gasteiger partial charge in [0, 0.05) is 18.8 Å². The molecule has 8 heteroatoms. The predicted octanol–water partition coefficient (Wildman–Crippen LogP) is 5.28. The first-order valence-corrected chi connectivity index (χ1v) is 10.6. The molecule has 0 aromatic heterocycles. The maximum atomic E-state index is 12.6. The number of carbonyl (C=O) groups is 1. The fourth-order valence-electron chi connectivity index (χ4n) is 3.49. The standard InChI is InChI=1S/C23H28F3N3O2/c24-23(25,26)19-8-10-20(11-9-19)28-22(30)27-12-5-15-31-21-7-4-6-18(16-21)17-29-13-2-1-3-14-29/h4,6-11,16H,1-3,5,12-15,17H2,(H2,27,28,30). The largest absolute Gasteiger partial charge is 0.494 e. The number of carbonyl (C=O) groups excluding carboxylic acids is 1. The van der Waals surface area contributed by atoms with Crippen LogP contribution in [0.2, 0.25) is 0 Å². The minimum absolute atomic E-state index is 0.298. The zero-order valence-electron chi connectivity index (χ0n) is 17.4. The first-order valence-electron chi connectivity index (χ1n) is 10.6. The number of hydrogen-bond donors (Lipinski definition) is 2. The van der Waals surface area contributed by atoms with Crippen molar-refractivity contribution in [1.29, 1.82) is 0 Å². The van der Waals surface area contributed by atoms with Crippen LogP contribution in [0.5, 0.6) is 5.75 Å². The van der Waals surface area contributed by atoms with Crippen molar-refractivity contribution in [3.8, 4) is 5.75 Å². The average Bonchev–Trinajstić information content (AvgIpc) is 2.74. The number of benzene rings is 2. The van der Waals surface area contributed by atoms with E-state index < -0.39 is 17.8 Å². The molecule has 2 aromatic carbocycles. The molecule has 2 amide bonds. The Morgan fingerprint density at radius 2 is 1.77 bits per heavy atom. The predicted molar refractivity (Wildman–Crippen MR) is 114 cm³/mol. The van der Waals surface area contributed by atoms with Gasteiger partial charge in [-0.1, -0.05) is 18.6 Å². The van der Waals surface area contributed by atoms with Crippen LogP contribution in [0.3, 0.4) is 0 Å². The van der Waals surface area contributed by atoms with Gasteiger partial charge in [0.25, 0.3) is 0 Å². The number of piperidine rings is 1. The summed E-state index contributed by atoms with van der Waals surface area (Å²) in [5.74, 6) is 0.809. The van der Waals surface area contributed by atoms with Gasteiger partial charge in [0.05, 0.1) is 12.2 Å². The molecular weight excluding hydrogens is 407 g/mol. The Kier molecular flexibility index (Phi) is 8.17. The van der Waals surface area contributed by atoms with E-state index in [-0.39, 0.29) is 0 Å². The topological polar surface area (TPSA) is 53.6 Å². The van der Waals surface area contributed by atoms with E-state index in [4.69, 9.17) is 4.74 Å². The number of likely N-dealkylation sites (tertiary alicyclic amines) is 1. The molecule has 5 nitrogen and oxygen atoms in total. The second kappa shape index (κ2) is 11.0. The maximum Gasteiger partial charge on any atom is 0.416 e. The van der Waals surface area contributed by atoms with Gasteiger partial charge in [-0.05, 0) is 74.3 Å². The first kappa shape index (κ1) is 22.9. The summed E-state index contributed by atoms with van der Waals surface area (Å²) in [6.45, 7) is 4.06. The molecule has 0 radical (unpaired) electrons. The second-order valence-corrected chi connectivity index (χ2v) is 7.64. The number of hydrogen-bond acceptors (Lipinski definition) is 3. The van der Waals surface area contributed by atoms with Gasteiger partial charge in [-0.3, -0.25) is 4.90 Å². The molecule has 1 aliphatic heterocycles. The number of ether oxygens (including phenoxy) is 1. The zero-order valence-corrected chi connectivity index (χ0v) is 17.4. The van der Waals surface area contributed by atoms with Crippen molar-refractivity contribution in [3.05, 3.63) is 59.7 Å². The summed E-state index contributed by atoms with van der Waals surface area (Å²) in [6.07, 6.45) is 0.0476. The third-order valence-electron chi connectivity index (χ3n) is 5.10. The molecule has 1 saturated heterocycles. The molecule has 0 unspecified atom stereocenters. The molecule has 0 spiro atoms. The quantitative estimate of drug-likeness (QED) is 0.555. The molecule has 1 heterocycles. The van der Waals surface area contributed by atoms with Gasteiger partial charge in [0.1, 0.15) is 5.75 Å². The van der Waals surface area contributed by atoms with E-state index in [0.29, 0.717) is 25.3 Å². The monoisotopic (exact) mass is 435 g/mol. The average molecular weight is 435 g/mol. The number of amides is 2. The Morgan fingerprint density at radius 3 is 2.48 bits per heavy atom. The number of nitrogens with zero attached hydrogens (tertiary/aromatic N) is 1. The minimum atomic E-state index is -4.39. The lowest BCUT2D eigenvalue weighted by atomic mass is 10.1. The van der Waals surface area contributed by atoms with E-state index in [0.717, 1.165) is 37.5 Å². The van der Waals surface area contributed by atoms with Crippen molar-refractivity contribution in [2.45, 2.75) is 38.4 Å². The Labute approximate surface area is 180 Å². The molecular formula is C23H28F3N3O2. The highest BCUT2D eigenvalue weighted by Gasteiger charge is 2.29. The molecule has 2 N–H and O–H groups in total. The molecule has 3 rings (SSSR count). The van der Waals surface area contributed by atoms with E-state index in [1.165, 1.54) is 37.0 Å². The van der Waals surface area contributed by atoms with E-state index in [9.17, 15) is 18.0 Å². The van der Waals surface area contributed by atoms with Gasteiger partial charge >= 0.3 is 12.2 Å². The van der Waals surface area contributed by atoms with E-state index in [2.05, 4.69) is 27.7 Å². The smallest absolute Gasteiger partial charge is 0.416 e. The molecule has 31 heavy (non-hydrogen) atoms. The number of urea groups is 1. The van der Waals surface area contributed by atoms with E-state index >= 15 is 0 Å². The van der Waals surface area contributed by atoms with Crippen LogP contribution < -0.4 is 15.4 Å². The molecule has 1 fully saturated rings. The molecule has 168 valence electrons.